The Labute approximate surface area is 112 Å². The van der Waals surface area contributed by atoms with Crippen molar-refractivity contribution in [3.05, 3.63) is 54.1 Å². The number of carbonyl (C=O) groups excluding carboxylic acids is 1. The maximum atomic E-state index is 12.2. The van der Waals surface area contributed by atoms with Crippen molar-refractivity contribution in [2.45, 2.75) is 6.36 Å². The second kappa shape index (κ2) is 5.24. The van der Waals surface area contributed by atoms with Gasteiger partial charge in [-0.2, -0.15) is 0 Å². The number of ether oxygens (including phenoxy) is 1. The molecule has 0 aliphatic rings. The molecule has 3 nitrogen and oxygen atoms in total. The number of amides is 1. The minimum absolute atomic E-state index is 0.130. The van der Waals surface area contributed by atoms with Gasteiger partial charge in [-0.3, -0.25) is 4.79 Å². The Hall–Kier alpha value is -2.50. The van der Waals surface area contributed by atoms with Crippen molar-refractivity contribution in [1.82, 2.24) is 0 Å². The first-order valence-corrected chi connectivity index (χ1v) is 5.62. The van der Waals surface area contributed by atoms with Crippen LogP contribution in [0.1, 0.15) is 10.4 Å². The zero-order chi connectivity index (χ0) is 14.8. The number of carbonyl (C=O) groups is 1. The zero-order valence-electron chi connectivity index (χ0n) is 10.1. The van der Waals surface area contributed by atoms with E-state index in [4.69, 9.17) is 5.73 Å². The predicted octanol–water partition coefficient (Wildman–Crippen LogP) is 3.35. The lowest BCUT2D eigenvalue weighted by Gasteiger charge is -2.12. The number of nitrogens with two attached hydrogens (primary N) is 1. The summed E-state index contributed by atoms with van der Waals surface area (Å²) >= 11 is 0. The number of rotatable bonds is 3. The van der Waals surface area contributed by atoms with Gasteiger partial charge in [0.05, 0.1) is 0 Å². The fourth-order valence-corrected chi connectivity index (χ4v) is 1.79. The molecule has 0 atom stereocenters. The fraction of sp³-hybridized carbons (Fsp3) is 0.0714. The van der Waals surface area contributed by atoms with Crippen molar-refractivity contribution in [2.75, 3.05) is 0 Å². The highest BCUT2D eigenvalue weighted by atomic mass is 19.4. The first-order valence-electron chi connectivity index (χ1n) is 5.62. The molecule has 0 aromatic heterocycles. The molecule has 2 N–H and O–H groups in total. The molecular formula is C14H10F3NO2. The van der Waals surface area contributed by atoms with Crippen LogP contribution in [0.2, 0.25) is 0 Å². The van der Waals surface area contributed by atoms with E-state index in [1.165, 1.54) is 6.07 Å². The molecule has 0 heterocycles. The molecule has 0 aliphatic carbocycles. The summed E-state index contributed by atoms with van der Waals surface area (Å²) < 4.78 is 40.5. The molecule has 0 saturated carbocycles. The molecule has 104 valence electrons. The quantitative estimate of drug-likeness (QED) is 0.938. The first-order chi connectivity index (χ1) is 9.37. The fourth-order valence-electron chi connectivity index (χ4n) is 1.79. The number of hydrogen-bond acceptors (Lipinski definition) is 2. The van der Waals surface area contributed by atoms with E-state index in [1.54, 1.807) is 30.3 Å². The van der Waals surface area contributed by atoms with Crippen LogP contribution in [-0.2, 0) is 0 Å². The third-order valence-corrected chi connectivity index (χ3v) is 2.57. The highest BCUT2D eigenvalue weighted by Gasteiger charge is 2.31. The summed E-state index contributed by atoms with van der Waals surface area (Å²) in [6, 6.07) is 11.9. The van der Waals surface area contributed by atoms with E-state index in [2.05, 4.69) is 4.74 Å². The minimum Gasteiger partial charge on any atom is -0.406 e. The van der Waals surface area contributed by atoms with Crippen molar-refractivity contribution >= 4 is 5.91 Å². The number of hydrogen-bond donors (Lipinski definition) is 1. The first kappa shape index (κ1) is 13.9. The molecule has 1 amide bonds. The van der Waals surface area contributed by atoms with E-state index < -0.39 is 18.0 Å². The van der Waals surface area contributed by atoms with E-state index in [0.29, 0.717) is 11.1 Å². The van der Waals surface area contributed by atoms with Crippen molar-refractivity contribution in [3.8, 4) is 16.9 Å². The van der Waals surface area contributed by atoms with E-state index in [-0.39, 0.29) is 5.56 Å². The van der Waals surface area contributed by atoms with E-state index in [1.807, 2.05) is 0 Å². The van der Waals surface area contributed by atoms with E-state index in [9.17, 15) is 18.0 Å². The van der Waals surface area contributed by atoms with Crippen molar-refractivity contribution in [3.63, 3.8) is 0 Å². The Balaban J connectivity index is 2.51. The van der Waals surface area contributed by atoms with Gasteiger partial charge in [0.25, 0.3) is 0 Å². The van der Waals surface area contributed by atoms with Crippen molar-refractivity contribution < 1.29 is 22.7 Å². The topological polar surface area (TPSA) is 52.3 Å². The Morgan fingerprint density at radius 2 is 1.70 bits per heavy atom. The summed E-state index contributed by atoms with van der Waals surface area (Å²) in [5.74, 6) is -1.12. The van der Waals surface area contributed by atoms with Gasteiger partial charge in [0.1, 0.15) is 5.75 Å². The van der Waals surface area contributed by atoms with Gasteiger partial charge in [-0.25, -0.2) is 0 Å². The van der Waals surface area contributed by atoms with Gasteiger partial charge >= 0.3 is 6.36 Å². The Morgan fingerprint density at radius 3 is 2.25 bits per heavy atom. The normalized spacial score (nSPS) is 11.2. The van der Waals surface area contributed by atoms with Gasteiger partial charge in [-0.05, 0) is 29.3 Å². The number of primary amides is 1. The van der Waals surface area contributed by atoms with Crippen LogP contribution in [0.3, 0.4) is 0 Å². The lowest BCUT2D eigenvalue weighted by atomic mass is 9.99. The Kier molecular flexibility index (Phi) is 3.65. The summed E-state index contributed by atoms with van der Waals surface area (Å²) in [4.78, 5) is 11.4. The molecule has 0 bridgehead atoms. The smallest absolute Gasteiger partial charge is 0.406 e. The average molecular weight is 281 g/mol. The molecule has 20 heavy (non-hydrogen) atoms. The van der Waals surface area contributed by atoms with Crippen LogP contribution in [0, 0.1) is 0 Å². The van der Waals surface area contributed by atoms with Crippen LogP contribution in [0.4, 0.5) is 13.2 Å². The van der Waals surface area contributed by atoms with Crippen LogP contribution in [0.5, 0.6) is 5.75 Å². The lowest BCUT2D eigenvalue weighted by molar-refractivity contribution is -0.274. The summed E-state index contributed by atoms with van der Waals surface area (Å²) in [5.41, 5.74) is 6.23. The predicted molar refractivity (Wildman–Crippen MR) is 67.1 cm³/mol. The van der Waals surface area contributed by atoms with Gasteiger partial charge in [0.15, 0.2) is 0 Å². The van der Waals surface area contributed by atoms with Crippen LogP contribution in [0.25, 0.3) is 11.1 Å². The van der Waals surface area contributed by atoms with Crippen LogP contribution < -0.4 is 10.5 Å². The molecule has 0 saturated heterocycles. The van der Waals surface area contributed by atoms with Gasteiger partial charge in [-0.15, -0.1) is 13.2 Å². The van der Waals surface area contributed by atoms with Gasteiger partial charge < -0.3 is 10.5 Å². The molecule has 6 heteroatoms. The summed E-state index contributed by atoms with van der Waals surface area (Å²) in [7, 11) is 0. The van der Waals surface area contributed by atoms with Gasteiger partial charge in [0, 0.05) is 5.56 Å². The number of halogens is 3. The molecule has 2 aromatic carbocycles. The molecule has 2 aromatic rings. The molecular weight excluding hydrogens is 271 g/mol. The third-order valence-electron chi connectivity index (χ3n) is 2.57. The summed E-state index contributed by atoms with van der Waals surface area (Å²) in [6.07, 6.45) is -4.79. The SMILES string of the molecule is NC(=O)c1ccc(OC(F)(F)F)cc1-c1ccccc1. The lowest BCUT2D eigenvalue weighted by Crippen LogP contribution is -2.18. The molecule has 0 unspecified atom stereocenters. The Bertz CT molecular complexity index is 624. The average Bonchev–Trinajstić information content (AvgIpc) is 2.37. The monoisotopic (exact) mass is 281 g/mol. The second-order valence-electron chi connectivity index (χ2n) is 3.99. The minimum atomic E-state index is -4.79. The summed E-state index contributed by atoms with van der Waals surface area (Å²) in [5, 5.41) is 0. The zero-order valence-corrected chi connectivity index (χ0v) is 10.1. The van der Waals surface area contributed by atoms with E-state index in [0.717, 1.165) is 12.1 Å². The second-order valence-corrected chi connectivity index (χ2v) is 3.99. The van der Waals surface area contributed by atoms with Crippen molar-refractivity contribution in [1.29, 1.82) is 0 Å². The van der Waals surface area contributed by atoms with Crippen LogP contribution in [0.15, 0.2) is 48.5 Å². The highest BCUT2D eigenvalue weighted by molar-refractivity contribution is 6.00. The van der Waals surface area contributed by atoms with Gasteiger partial charge in [0.2, 0.25) is 5.91 Å². The van der Waals surface area contributed by atoms with Crippen molar-refractivity contribution in [2.24, 2.45) is 5.73 Å². The van der Waals surface area contributed by atoms with Crippen LogP contribution >= 0.6 is 0 Å². The largest absolute Gasteiger partial charge is 0.573 e. The Morgan fingerprint density at radius 1 is 1.05 bits per heavy atom. The molecule has 0 spiro atoms. The standard InChI is InChI=1S/C14H10F3NO2/c15-14(16,17)20-10-6-7-11(13(18)19)12(8-10)9-4-2-1-3-5-9/h1-8H,(H2,18,19). The maximum Gasteiger partial charge on any atom is 0.573 e. The highest BCUT2D eigenvalue weighted by Crippen LogP contribution is 2.30. The third kappa shape index (κ3) is 3.28. The molecule has 2 rings (SSSR count). The molecule has 0 radical (unpaired) electrons. The van der Waals surface area contributed by atoms with Gasteiger partial charge in [-0.1, -0.05) is 30.3 Å². The number of benzene rings is 2. The molecule has 0 aliphatic heterocycles. The number of alkyl halides is 3. The molecule has 0 fully saturated rings. The van der Waals surface area contributed by atoms with Crippen LogP contribution in [-0.4, -0.2) is 12.3 Å². The van der Waals surface area contributed by atoms with E-state index >= 15 is 0 Å². The maximum absolute atomic E-state index is 12.2. The summed E-state index contributed by atoms with van der Waals surface area (Å²) in [6.45, 7) is 0.